The lowest BCUT2D eigenvalue weighted by atomic mass is 10.2. The van der Waals surface area contributed by atoms with Gasteiger partial charge in [0.25, 0.3) is 0 Å². The summed E-state index contributed by atoms with van der Waals surface area (Å²) < 4.78 is 8.44. The fourth-order valence-electron chi connectivity index (χ4n) is 5.45. The predicted molar refractivity (Wildman–Crippen MR) is 180 cm³/mol. The number of imidazole rings is 2. The van der Waals surface area contributed by atoms with Crippen LogP contribution in [0, 0.1) is 14.9 Å². The van der Waals surface area contributed by atoms with Crippen molar-refractivity contribution in [3.8, 4) is 0 Å². The first-order valence-corrected chi connectivity index (χ1v) is 15.3. The summed E-state index contributed by atoms with van der Waals surface area (Å²) in [4.78, 5) is 4.98. The zero-order chi connectivity index (χ0) is 29.3. The molecule has 0 aliphatic carbocycles. The summed E-state index contributed by atoms with van der Waals surface area (Å²) in [6, 6.07) is 17.0. The second kappa shape index (κ2) is 16.5. The molecule has 2 aromatic heterocycles. The van der Waals surface area contributed by atoms with Gasteiger partial charge in [0.05, 0.1) is 51.0 Å². The summed E-state index contributed by atoms with van der Waals surface area (Å²) in [6.45, 7) is 16.1. The molecule has 0 N–H and O–H groups in total. The molecule has 0 spiro atoms. The van der Waals surface area contributed by atoms with Crippen LogP contribution in [-0.2, 0) is 26.2 Å². The molecule has 1 fully saturated rings. The molecule has 236 valence electrons. The molecule has 1 aliphatic heterocycles. The van der Waals surface area contributed by atoms with E-state index in [1.807, 2.05) is 0 Å². The van der Waals surface area contributed by atoms with Crippen molar-refractivity contribution in [3.63, 3.8) is 0 Å². The molecule has 0 radical (unpaired) electrons. The van der Waals surface area contributed by atoms with E-state index in [0.717, 1.165) is 88.5 Å². The SMILES string of the molecule is CCn1cc[n+](CC)c1N=Nc1ccc(N2CCCN(c3ccc(N=Nc4n(CC)cc[n+]4CC)cc3)CCC2)cc1.[CH3-].[CH3-]. The first-order chi connectivity index (χ1) is 20.6. The average Bonchev–Trinajstić information content (AvgIpc) is 3.62. The lowest BCUT2D eigenvalue weighted by Gasteiger charge is -2.33. The summed E-state index contributed by atoms with van der Waals surface area (Å²) in [7, 11) is 0. The van der Waals surface area contributed by atoms with Gasteiger partial charge in [-0.15, -0.1) is 0 Å². The Kier molecular flexibility index (Phi) is 12.8. The van der Waals surface area contributed by atoms with Crippen molar-refractivity contribution < 1.29 is 9.13 Å². The Bertz CT molecular complexity index is 1320. The van der Waals surface area contributed by atoms with Crippen LogP contribution in [0.4, 0.5) is 34.6 Å². The molecule has 4 aromatic rings. The zero-order valence-corrected chi connectivity index (χ0v) is 27.5. The van der Waals surface area contributed by atoms with Crippen molar-refractivity contribution in [2.24, 2.45) is 20.5 Å². The fraction of sp³-hybridized carbons (Fsp3) is 0.412. The van der Waals surface area contributed by atoms with Gasteiger partial charge in [-0.1, -0.05) is 10.2 Å². The van der Waals surface area contributed by atoms with Gasteiger partial charge in [-0.3, -0.25) is 0 Å². The minimum absolute atomic E-state index is 0. The number of azo groups is 2. The number of hydrogen-bond donors (Lipinski definition) is 0. The highest BCUT2D eigenvalue weighted by Crippen LogP contribution is 2.25. The van der Waals surface area contributed by atoms with E-state index in [0.29, 0.717) is 0 Å². The molecule has 0 unspecified atom stereocenters. The highest BCUT2D eigenvalue weighted by atomic mass is 15.3. The van der Waals surface area contributed by atoms with E-state index in [9.17, 15) is 0 Å². The van der Waals surface area contributed by atoms with Crippen LogP contribution in [0.5, 0.6) is 0 Å². The summed E-state index contributed by atoms with van der Waals surface area (Å²) >= 11 is 0. The van der Waals surface area contributed by atoms with Gasteiger partial charge >= 0.3 is 11.9 Å². The third kappa shape index (κ3) is 7.98. The molecule has 0 bridgehead atoms. The molecule has 44 heavy (non-hydrogen) atoms. The van der Waals surface area contributed by atoms with Gasteiger partial charge < -0.3 is 24.7 Å². The molecule has 1 aliphatic rings. The molecular formula is C34H50N10. The van der Waals surface area contributed by atoms with Crippen molar-refractivity contribution in [1.29, 1.82) is 0 Å². The van der Waals surface area contributed by atoms with Crippen molar-refractivity contribution >= 4 is 34.6 Å². The quantitative estimate of drug-likeness (QED) is 0.106. The fourth-order valence-corrected chi connectivity index (χ4v) is 5.45. The molecule has 5 rings (SSSR count). The van der Waals surface area contributed by atoms with Crippen LogP contribution in [0.2, 0.25) is 0 Å². The van der Waals surface area contributed by atoms with Crippen molar-refractivity contribution in [2.45, 2.75) is 66.7 Å². The third-order valence-corrected chi connectivity index (χ3v) is 7.90. The molecule has 10 nitrogen and oxygen atoms in total. The highest BCUT2D eigenvalue weighted by Gasteiger charge is 2.17. The Hall–Kier alpha value is -4.34. The second-order valence-corrected chi connectivity index (χ2v) is 10.5. The Labute approximate surface area is 264 Å². The van der Waals surface area contributed by atoms with E-state index in [4.69, 9.17) is 0 Å². The number of anilines is 2. The van der Waals surface area contributed by atoms with E-state index in [-0.39, 0.29) is 14.9 Å². The van der Waals surface area contributed by atoms with E-state index in [1.165, 1.54) is 11.4 Å². The smallest absolute Gasteiger partial charge is 0.371 e. The normalized spacial score (nSPS) is 14.0. The number of nitrogens with zero attached hydrogens (tertiary/aromatic N) is 10. The molecule has 3 heterocycles. The van der Waals surface area contributed by atoms with Crippen LogP contribution in [0.3, 0.4) is 0 Å². The molecule has 10 heteroatoms. The Balaban J connectivity index is 0.00000264. The average molecular weight is 599 g/mol. The summed E-state index contributed by atoms with van der Waals surface area (Å²) in [5, 5.41) is 18.1. The summed E-state index contributed by atoms with van der Waals surface area (Å²) in [5.74, 6) is 1.76. The monoisotopic (exact) mass is 598 g/mol. The van der Waals surface area contributed by atoms with Gasteiger partial charge in [-0.25, -0.2) is 18.3 Å². The van der Waals surface area contributed by atoms with E-state index < -0.39 is 0 Å². The van der Waals surface area contributed by atoms with Gasteiger partial charge in [0.2, 0.25) is 0 Å². The zero-order valence-electron chi connectivity index (χ0n) is 27.5. The summed E-state index contributed by atoms with van der Waals surface area (Å²) in [6.07, 6.45) is 10.4. The van der Waals surface area contributed by atoms with E-state index >= 15 is 0 Å². The van der Waals surface area contributed by atoms with Crippen LogP contribution in [0.15, 0.2) is 93.8 Å². The minimum atomic E-state index is 0. The maximum Gasteiger partial charge on any atom is 0.421 e. The van der Waals surface area contributed by atoms with Crippen LogP contribution < -0.4 is 18.9 Å². The van der Waals surface area contributed by atoms with Crippen LogP contribution in [0.1, 0.15) is 40.5 Å². The molecule has 2 aromatic carbocycles. The summed E-state index contributed by atoms with van der Waals surface area (Å²) in [5.41, 5.74) is 4.23. The van der Waals surface area contributed by atoms with Gasteiger partial charge in [0, 0.05) is 47.8 Å². The maximum atomic E-state index is 4.54. The third-order valence-electron chi connectivity index (χ3n) is 7.90. The largest absolute Gasteiger partial charge is 0.421 e. The number of aromatic nitrogens is 4. The van der Waals surface area contributed by atoms with Crippen molar-refractivity contribution in [3.05, 3.63) is 88.2 Å². The number of hydrogen-bond acceptors (Lipinski definition) is 6. The van der Waals surface area contributed by atoms with Crippen molar-refractivity contribution in [2.75, 3.05) is 36.0 Å². The Morgan fingerprint density at radius 2 is 0.909 bits per heavy atom. The van der Waals surface area contributed by atoms with Crippen LogP contribution in [0.25, 0.3) is 0 Å². The molecule has 0 saturated carbocycles. The van der Waals surface area contributed by atoms with Crippen LogP contribution in [-0.4, -0.2) is 35.3 Å². The maximum absolute atomic E-state index is 4.54. The lowest BCUT2D eigenvalue weighted by Crippen LogP contribution is -2.36. The first kappa shape index (κ1) is 34.2. The number of aryl methyl sites for hydroxylation is 4. The predicted octanol–water partition coefficient (Wildman–Crippen LogP) is 7.78. The number of benzene rings is 2. The second-order valence-electron chi connectivity index (χ2n) is 10.5. The molecule has 1 saturated heterocycles. The van der Waals surface area contributed by atoms with Crippen molar-refractivity contribution in [1.82, 2.24) is 9.13 Å². The van der Waals surface area contributed by atoms with Gasteiger partial charge in [0.15, 0.2) is 0 Å². The van der Waals surface area contributed by atoms with E-state index in [2.05, 4.69) is 150 Å². The standard InChI is InChI=1S/C32H44N10.2CH3/c1-5-37-23-24-38(6-2)31(37)35-33-27-11-15-29(16-12-27)41-19-9-21-42(22-10-20-41)30-17-13-28(14-18-30)34-36-32-39(7-3)25-26-40(32)8-4;;/h11-18,23-26H,5-10,19-22H2,1-4H3;2*1H3/q+2;2*-1. The van der Waals surface area contributed by atoms with Crippen LogP contribution >= 0.6 is 0 Å². The van der Waals surface area contributed by atoms with Gasteiger partial charge in [-0.05, 0) is 89.1 Å². The Morgan fingerprint density at radius 3 is 1.23 bits per heavy atom. The van der Waals surface area contributed by atoms with E-state index in [1.54, 1.807) is 0 Å². The van der Waals surface area contributed by atoms with Gasteiger partial charge in [-0.2, -0.15) is 0 Å². The molecule has 0 amide bonds. The topological polar surface area (TPSA) is 73.5 Å². The lowest BCUT2D eigenvalue weighted by molar-refractivity contribution is -0.680. The minimum Gasteiger partial charge on any atom is -0.371 e. The first-order valence-electron chi connectivity index (χ1n) is 15.3. The highest BCUT2D eigenvalue weighted by molar-refractivity contribution is 5.54. The Morgan fingerprint density at radius 1 is 0.545 bits per heavy atom. The number of rotatable bonds is 10. The molecule has 0 atom stereocenters. The van der Waals surface area contributed by atoms with Gasteiger partial charge in [0.1, 0.15) is 11.4 Å². The molecular weight excluding hydrogens is 548 g/mol.